The van der Waals surface area contributed by atoms with Gasteiger partial charge in [-0.2, -0.15) is 0 Å². The second-order valence-electron chi connectivity index (χ2n) is 4.23. The molecule has 1 aromatic heterocycles. The molecule has 0 bridgehead atoms. The van der Waals surface area contributed by atoms with E-state index < -0.39 is 0 Å². The lowest BCUT2D eigenvalue weighted by molar-refractivity contribution is -0.122. The van der Waals surface area contributed by atoms with Gasteiger partial charge < -0.3 is 15.0 Å². The van der Waals surface area contributed by atoms with Gasteiger partial charge in [-0.1, -0.05) is 0 Å². The fourth-order valence-electron chi connectivity index (χ4n) is 1.86. The maximum atomic E-state index is 10.8. The molecule has 0 unspecified atom stereocenters. The summed E-state index contributed by atoms with van der Waals surface area (Å²) in [5.74, 6) is 0.847. The van der Waals surface area contributed by atoms with Crippen LogP contribution in [0.25, 0.3) is 10.9 Å². The molecule has 2 N–H and O–H groups in total. The molecule has 0 saturated heterocycles. The summed E-state index contributed by atoms with van der Waals surface area (Å²) < 4.78 is 5.21. The number of amides is 1. The van der Waals surface area contributed by atoms with Crippen LogP contribution < -0.4 is 10.1 Å². The highest BCUT2D eigenvalue weighted by molar-refractivity contribution is 6.09. The van der Waals surface area contributed by atoms with E-state index in [1.165, 1.54) is 12.5 Å². The first-order valence-electron chi connectivity index (χ1n) is 6.39. The van der Waals surface area contributed by atoms with Gasteiger partial charge in [-0.25, -0.2) is 0 Å². The number of hydrogen-bond donors (Lipinski definition) is 2. The molecule has 6 heteroatoms. The van der Waals surface area contributed by atoms with Crippen molar-refractivity contribution in [2.45, 2.75) is 13.3 Å². The van der Waals surface area contributed by atoms with Crippen LogP contribution in [0.2, 0.25) is 0 Å². The fourth-order valence-corrected chi connectivity index (χ4v) is 1.86. The van der Waals surface area contributed by atoms with E-state index in [9.17, 15) is 4.79 Å². The molecule has 0 aliphatic rings. The van der Waals surface area contributed by atoms with Gasteiger partial charge in [-0.05, 0) is 30.2 Å². The number of carbonyl (C=O) groups is 3. The first kappa shape index (κ1) is 16.4. The molecular weight excluding hydrogens is 272 g/mol. The van der Waals surface area contributed by atoms with E-state index in [0.717, 1.165) is 23.1 Å². The van der Waals surface area contributed by atoms with Crippen LogP contribution in [0.3, 0.4) is 0 Å². The molecule has 6 nitrogen and oxygen atoms in total. The molecule has 0 aliphatic heterocycles. The van der Waals surface area contributed by atoms with E-state index >= 15 is 0 Å². The number of rotatable bonds is 5. The summed E-state index contributed by atoms with van der Waals surface area (Å²) in [5.41, 5.74) is 2.27. The van der Waals surface area contributed by atoms with Gasteiger partial charge in [0.2, 0.25) is 5.91 Å². The molecule has 0 saturated carbocycles. The molecule has 0 radical (unpaired) electrons. The van der Waals surface area contributed by atoms with Crippen LogP contribution >= 0.6 is 0 Å². The molecular formula is C15H18N2O4. The van der Waals surface area contributed by atoms with Crippen molar-refractivity contribution < 1.29 is 19.1 Å². The molecule has 1 amide bonds. The molecule has 21 heavy (non-hydrogen) atoms. The van der Waals surface area contributed by atoms with Gasteiger partial charge in [0.15, 0.2) is 12.6 Å². The zero-order valence-electron chi connectivity index (χ0n) is 12.0. The lowest BCUT2D eigenvalue weighted by Gasteiger charge is -2.03. The van der Waals surface area contributed by atoms with Crippen LogP contribution in [0.1, 0.15) is 12.5 Å². The number of ether oxygens (including phenoxy) is 1. The van der Waals surface area contributed by atoms with Crippen LogP contribution in [0.15, 0.2) is 24.4 Å². The van der Waals surface area contributed by atoms with Crippen molar-refractivity contribution in [2.75, 3.05) is 13.7 Å². The molecule has 2 aromatic rings. The number of nitrogens with one attached hydrogen (secondary N) is 2. The number of benzene rings is 1. The Morgan fingerprint density at radius 3 is 2.62 bits per heavy atom. The summed E-state index contributed by atoms with van der Waals surface area (Å²) >= 11 is 0. The Bertz CT molecular complexity index is 613. The summed E-state index contributed by atoms with van der Waals surface area (Å²) in [7, 11) is 1.66. The topological polar surface area (TPSA) is 88.3 Å². The largest absolute Gasteiger partial charge is 0.497 e. The van der Waals surface area contributed by atoms with Crippen molar-refractivity contribution in [3.63, 3.8) is 0 Å². The smallest absolute Gasteiger partial charge is 0.216 e. The lowest BCUT2D eigenvalue weighted by atomic mass is 10.1. The third-order valence-corrected chi connectivity index (χ3v) is 2.80. The number of aromatic nitrogens is 1. The molecule has 1 heterocycles. The van der Waals surface area contributed by atoms with Gasteiger partial charge in [0.1, 0.15) is 5.75 Å². The Morgan fingerprint density at radius 2 is 2.05 bits per heavy atom. The first-order valence-corrected chi connectivity index (χ1v) is 6.39. The quantitative estimate of drug-likeness (QED) is 0.640. The minimum Gasteiger partial charge on any atom is -0.497 e. The zero-order chi connectivity index (χ0) is 15.7. The summed E-state index contributed by atoms with van der Waals surface area (Å²) in [6.07, 6.45) is 3.18. The predicted molar refractivity (Wildman–Crippen MR) is 79.4 cm³/mol. The van der Waals surface area contributed by atoms with Gasteiger partial charge >= 0.3 is 0 Å². The average Bonchev–Trinajstić information content (AvgIpc) is 2.89. The van der Waals surface area contributed by atoms with E-state index in [-0.39, 0.29) is 18.5 Å². The van der Waals surface area contributed by atoms with Crippen molar-refractivity contribution in [2.24, 2.45) is 0 Å². The van der Waals surface area contributed by atoms with Crippen LogP contribution in [0, 0.1) is 0 Å². The second-order valence-corrected chi connectivity index (χ2v) is 4.23. The third kappa shape index (κ3) is 5.10. The normalized spacial score (nSPS) is 9.43. The standard InChI is InChI=1S/C13H16N2O2.C2H2O2/c1-9(16)14-6-5-10-8-15-13-4-3-11(17-2)7-12(10)13;3-1-2-4/h3-4,7-8,15H,5-6H2,1-2H3,(H,14,16);1-2H. The molecule has 0 spiro atoms. The van der Waals surface area contributed by atoms with Crippen molar-refractivity contribution in [1.29, 1.82) is 0 Å². The van der Waals surface area contributed by atoms with Gasteiger partial charge in [-0.3, -0.25) is 14.4 Å². The number of H-pyrrole nitrogens is 1. The average molecular weight is 290 g/mol. The summed E-state index contributed by atoms with van der Waals surface area (Å²) in [4.78, 5) is 31.6. The van der Waals surface area contributed by atoms with Crippen molar-refractivity contribution in [3.05, 3.63) is 30.0 Å². The van der Waals surface area contributed by atoms with Crippen LogP contribution in [0.5, 0.6) is 5.75 Å². The van der Waals surface area contributed by atoms with Crippen molar-refractivity contribution in [3.8, 4) is 5.75 Å². The molecule has 0 aliphatic carbocycles. The van der Waals surface area contributed by atoms with Gasteiger partial charge in [0.05, 0.1) is 7.11 Å². The van der Waals surface area contributed by atoms with Crippen molar-refractivity contribution >= 4 is 29.4 Å². The predicted octanol–water partition coefficient (Wildman–Crippen LogP) is 1.24. The van der Waals surface area contributed by atoms with E-state index in [1.54, 1.807) is 7.11 Å². The monoisotopic (exact) mass is 290 g/mol. The minimum absolute atomic E-state index is 0.00224. The summed E-state index contributed by atoms with van der Waals surface area (Å²) in [6, 6.07) is 5.93. The number of methoxy groups -OCH3 is 1. The Kier molecular flexibility index (Phi) is 6.67. The maximum Gasteiger partial charge on any atom is 0.216 e. The molecule has 0 atom stereocenters. The Hall–Kier alpha value is -2.63. The molecule has 0 fully saturated rings. The Morgan fingerprint density at radius 1 is 1.33 bits per heavy atom. The Balaban J connectivity index is 0.000000491. The highest BCUT2D eigenvalue weighted by atomic mass is 16.5. The third-order valence-electron chi connectivity index (χ3n) is 2.80. The van der Waals surface area contributed by atoms with Gasteiger partial charge in [0, 0.05) is 30.6 Å². The lowest BCUT2D eigenvalue weighted by Crippen LogP contribution is -2.22. The zero-order valence-corrected chi connectivity index (χ0v) is 12.0. The number of aldehydes is 2. The van der Waals surface area contributed by atoms with Crippen LogP contribution in [-0.4, -0.2) is 37.1 Å². The SMILES string of the molecule is COc1ccc2[nH]cc(CCNC(C)=O)c2c1.O=CC=O. The van der Waals surface area contributed by atoms with Gasteiger partial charge in [-0.15, -0.1) is 0 Å². The second kappa shape index (κ2) is 8.52. The number of hydrogen-bond acceptors (Lipinski definition) is 4. The maximum absolute atomic E-state index is 10.8. The van der Waals surface area contributed by atoms with E-state index in [4.69, 9.17) is 14.3 Å². The number of carbonyl (C=O) groups excluding carboxylic acids is 3. The summed E-state index contributed by atoms with van der Waals surface area (Å²) in [6.45, 7) is 2.18. The van der Waals surface area contributed by atoms with E-state index in [1.807, 2.05) is 24.4 Å². The molecule has 112 valence electrons. The van der Waals surface area contributed by atoms with Crippen LogP contribution in [0.4, 0.5) is 0 Å². The number of aromatic amines is 1. The van der Waals surface area contributed by atoms with Crippen LogP contribution in [-0.2, 0) is 20.8 Å². The van der Waals surface area contributed by atoms with E-state index in [0.29, 0.717) is 6.54 Å². The Labute approximate surface area is 122 Å². The van der Waals surface area contributed by atoms with Crippen molar-refractivity contribution in [1.82, 2.24) is 10.3 Å². The summed E-state index contributed by atoms with van der Waals surface area (Å²) in [5, 5.41) is 3.94. The number of fused-ring (bicyclic) bond motifs is 1. The van der Waals surface area contributed by atoms with E-state index in [2.05, 4.69) is 10.3 Å². The fraction of sp³-hybridized carbons (Fsp3) is 0.267. The molecule has 1 aromatic carbocycles. The highest BCUT2D eigenvalue weighted by Gasteiger charge is 2.05. The molecule has 2 rings (SSSR count). The first-order chi connectivity index (χ1) is 10.1. The highest BCUT2D eigenvalue weighted by Crippen LogP contribution is 2.23. The van der Waals surface area contributed by atoms with Gasteiger partial charge in [0.25, 0.3) is 0 Å². The minimum atomic E-state index is 0.00224.